The van der Waals surface area contributed by atoms with Crippen LogP contribution in [0.2, 0.25) is 0 Å². The number of hydrogen-bond donors (Lipinski definition) is 2. The zero-order valence-electron chi connectivity index (χ0n) is 20.7. The third-order valence-corrected chi connectivity index (χ3v) is 6.84. The van der Waals surface area contributed by atoms with E-state index >= 15 is 0 Å². The molecule has 0 atom stereocenters. The van der Waals surface area contributed by atoms with Crippen molar-refractivity contribution in [1.29, 1.82) is 0 Å². The van der Waals surface area contributed by atoms with E-state index in [2.05, 4.69) is 19.9 Å². The maximum atomic E-state index is 12.4. The molecular weight excluding hydrogens is 465 g/mol. The summed E-state index contributed by atoms with van der Waals surface area (Å²) in [5.41, 5.74) is 4.31. The van der Waals surface area contributed by atoms with E-state index in [1.165, 1.54) is 11.6 Å². The van der Waals surface area contributed by atoms with Gasteiger partial charge in [0.25, 0.3) is 0 Å². The smallest absolute Gasteiger partial charge is 0.391 e. The van der Waals surface area contributed by atoms with Crippen LogP contribution < -0.4 is 4.52 Å². The molecule has 0 spiro atoms. The van der Waals surface area contributed by atoms with Crippen LogP contribution in [-0.4, -0.2) is 75.3 Å². The summed E-state index contributed by atoms with van der Waals surface area (Å²) in [6, 6.07) is 5.86. The molecule has 0 bridgehead atoms. The molecule has 4 aliphatic rings. The summed E-state index contributed by atoms with van der Waals surface area (Å²) in [5.74, 6) is 0.681. The van der Waals surface area contributed by atoms with Crippen LogP contribution >= 0.6 is 8.60 Å². The monoisotopic (exact) mass is 501 g/mol. The van der Waals surface area contributed by atoms with E-state index in [-0.39, 0.29) is 11.6 Å². The second kappa shape index (κ2) is 11.5. The van der Waals surface area contributed by atoms with Crippen LogP contribution in [0.25, 0.3) is 0 Å². The molecule has 1 aromatic rings. The molecule has 0 radical (unpaired) electrons. The quantitative estimate of drug-likeness (QED) is 0.272. The number of Topliss-reactive ketones (excluding diaryl/α,β-unsaturated/α-hetero) is 1. The third kappa shape index (κ3) is 6.63. The lowest BCUT2D eigenvalue weighted by Gasteiger charge is -2.21. The van der Waals surface area contributed by atoms with Gasteiger partial charge in [0, 0.05) is 45.3 Å². The van der Waals surface area contributed by atoms with Crippen molar-refractivity contribution >= 4 is 20.2 Å². The predicted octanol–water partition coefficient (Wildman–Crippen LogP) is 3.14. The van der Waals surface area contributed by atoms with Crippen LogP contribution in [-0.2, 0) is 22.4 Å². The minimum atomic E-state index is -2.33. The molecule has 190 valence electrons. The molecule has 1 aliphatic carbocycles. The van der Waals surface area contributed by atoms with Crippen LogP contribution in [0.4, 0.5) is 0 Å². The van der Waals surface area contributed by atoms with Crippen molar-refractivity contribution in [2.45, 2.75) is 52.4 Å². The first-order valence-corrected chi connectivity index (χ1v) is 13.9. The van der Waals surface area contributed by atoms with Crippen LogP contribution in [0, 0.1) is 0 Å². The Morgan fingerprint density at radius 2 is 1.46 bits per heavy atom. The number of aryl methyl sites for hydroxylation is 1. The van der Waals surface area contributed by atoms with Crippen LogP contribution in [0.1, 0.15) is 50.7 Å². The second-order valence-corrected chi connectivity index (χ2v) is 10.0. The van der Waals surface area contributed by atoms with Crippen molar-refractivity contribution in [3.63, 3.8) is 0 Å². The van der Waals surface area contributed by atoms with E-state index in [4.69, 9.17) is 14.3 Å². The van der Waals surface area contributed by atoms with Gasteiger partial charge < -0.3 is 29.0 Å². The number of ketones is 2. The Kier molecular flexibility index (Phi) is 8.47. The van der Waals surface area contributed by atoms with Crippen molar-refractivity contribution in [3.05, 3.63) is 52.5 Å². The predicted molar refractivity (Wildman–Crippen MR) is 135 cm³/mol. The first-order valence-electron chi connectivity index (χ1n) is 12.7. The molecule has 3 fully saturated rings. The van der Waals surface area contributed by atoms with E-state index in [0.29, 0.717) is 22.8 Å². The maximum Gasteiger partial charge on any atom is 0.391 e. The Bertz CT molecular complexity index is 1010. The fourth-order valence-corrected chi connectivity index (χ4v) is 4.65. The van der Waals surface area contributed by atoms with Gasteiger partial charge in [-0.25, -0.2) is 0 Å². The van der Waals surface area contributed by atoms with Gasteiger partial charge in [0.05, 0.1) is 5.70 Å². The van der Waals surface area contributed by atoms with Gasteiger partial charge in [-0.2, -0.15) is 0 Å². The number of benzene rings is 1. The number of unbranched alkanes of at least 4 members (excludes halogenated alkanes) is 2. The fraction of sp³-hybridized carbons (Fsp3) is 0.538. The zero-order chi connectivity index (χ0) is 24.9. The molecule has 3 heterocycles. The van der Waals surface area contributed by atoms with Crippen LogP contribution in [0.15, 0.2) is 41.4 Å². The lowest BCUT2D eigenvalue weighted by atomic mass is 9.97. The summed E-state index contributed by atoms with van der Waals surface area (Å²) < 4.78 is 5.14. The molecule has 8 nitrogen and oxygen atoms in total. The number of hydrogen-bond acceptors (Lipinski definition) is 8. The van der Waals surface area contributed by atoms with Gasteiger partial charge in [-0.05, 0) is 42.9 Å². The van der Waals surface area contributed by atoms with Gasteiger partial charge >= 0.3 is 8.60 Å². The van der Waals surface area contributed by atoms with E-state index < -0.39 is 8.60 Å². The molecule has 0 saturated carbocycles. The Hall–Kier alpha value is -2.41. The first-order chi connectivity index (χ1) is 16.9. The molecule has 2 N–H and O–H groups in total. The van der Waals surface area contributed by atoms with Crippen molar-refractivity contribution in [2.24, 2.45) is 0 Å². The highest BCUT2D eigenvalue weighted by molar-refractivity contribution is 7.39. The minimum Gasteiger partial charge on any atom is -0.427 e. The number of nitrogens with zero attached hydrogens (tertiary/aromatic N) is 3. The molecule has 0 unspecified atom stereocenters. The Labute approximate surface area is 208 Å². The fourth-order valence-electron chi connectivity index (χ4n) is 4.30. The van der Waals surface area contributed by atoms with Crippen LogP contribution in [0.3, 0.4) is 0 Å². The van der Waals surface area contributed by atoms with Crippen LogP contribution in [0.5, 0.6) is 5.75 Å². The summed E-state index contributed by atoms with van der Waals surface area (Å²) in [6.45, 7) is 9.73. The summed E-state index contributed by atoms with van der Waals surface area (Å²) >= 11 is 0. The summed E-state index contributed by atoms with van der Waals surface area (Å²) in [4.78, 5) is 48.5. The molecule has 0 aromatic heterocycles. The van der Waals surface area contributed by atoms with Gasteiger partial charge in [-0.15, -0.1) is 0 Å². The molecule has 3 aliphatic heterocycles. The molecule has 9 heteroatoms. The average molecular weight is 502 g/mol. The average Bonchev–Trinajstić information content (AvgIpc) is 3.69. The first kappa shape index (κ1) is 25.7. The second-order valence-electron chi connectivity index (χ2n) is 9.33. The van der Waals surface area contributed by atoms with Gasteiger partial charge in [0.15, 0.2) is 0 Å². The van der Waals surface area contributed by atoms with Gasteiger partial charge in [-0.1, -0.05) is 38.8 Å². The highest BCUT2D eigenvalue weighted by atomic mass is 31.2. The van der Waals surface area contributed by atoms with Crippen molar-refractivity contribution < 1.29 is 23.9 Å². The Balaban J connectivity index is 0.000000165. The van der Waals surface area contributed by atoms with Crippen molar-refractivity contribution in [3.8, 4) is 5.75 Å². The molecule has 5 rings (SSSR count). The lowest BCUT2D eigenvalue weighted by Crippen LogP contribution is -2.29. The summed E-state index contributed by atoms with van der Waals surface area (Å²) in [6.07, 6.45) is 8.01. The highest BCUT2D eigenvalue weighted by Gasteiger charge is 2.43. The topological polar surface area (TPSA) is 92.9 Å². The van der Waals surface area contributed by atoms with Crippen molar-refractivity contribution in [1.82, 2.24) is 14.7 Å². The number of allylic oxidation sites excluding steroid dienone is 1. The third-order valence-electron chi connectivity index (χ3n) is 6.48. The highest BCUT2D eigenvalue weighted by Crippen LogP contribution is 2.35. The van der Waals surface area contributed by atoms with Gasteiger partial charge in [-0.3, -0.25) is 9.59 Å². The zero-order valence-corrected chi connectivity index (χ0v) is 21.6. The normalized spacial score (nSPS) is 18.5. The SMILES string of the molecule is CCCCc1cccc(OP(O)O)c1CCCC.O=C1C=C(N2CC2)C(=O)C(N2CC2)=C1N1CC1. The van der Waals surface area contributed by atoms with Crippen molar-refractivity contribution in [2.75, 3.05) is 39.3 Å². The molecule has 1 aromatic carbocycles. The number of carbonyl (C=O) groups excluding carboxylic acids is 2. The van der Waals surface area contributed by atoms with Gasteiger partial charge in [0.1, 0.15) is 17.1 Å². The van der Waals surface area contributed by atoms with Gasteiger partial charge in [0.2, 0.25) is 11.6 Å². The number of rotatable bonds is 11. The lowest BCUT2D eigenvalue weighted by molar-refractivity contribution is -0.117. The van der Waals surface area contributed by atoms with E-state index in [1.807, 2.05) is 26.8 Å². The summed E-state index contributed by atoms with van der Waals surface area (Å²) in [5, 5.41) is 0. The Morgan fingerprint density at radius 3 is 2.03 bits per heavy atom. The Morgan fingerprint density at radius 1 is 0.857 bits per heavy atom. The summed E-state index contributed by atoms with van der Waals surface area (Å²) in [7, 11) is -2.33. The molecular formula is C26H36N3O5P. The van der Waals surface area contributed by atoms with E-state index in [0.717, 1.165) is 83.4 Å². The van der Waals surface area contributed by atoms with E-state index in [9.17, 15) is 9.59 Å². The standard InChI is InChI=1S/C14H23O3P.C12H13N3O2/c1-3-5-8-12-9-7-11-14(17-18(15)16)13(12)10-6-4-2;16-9-7-8(13-1-2-13)12(17)11(15-5-6-15)10(9)14-3-4-14/h7,9,11,15-16H,3-6,8,10H2,1-2H3;7H,1-6H2. The maximum absolute atomic E-state index is 12.4. The molecule has 3 saturated heterocycles. The van der Waals surface area contributed by atoms with E-state index in [1.54, 1.807) is 0 Å². The minimum absolute atomic E-state index is 0.00546. The number of carbonyl (C=O) groups is 2. The molecule has 35 heavy (non-hydrogen) atoms. The molecule has 0 amide bonds. The largest absolute Gasteiger partial charge is 0.427 e.